The molecule has 0 aliphatic carbocycles. The van der Waals surface area contributed by atoms with Gasteiger partial charge in [0.1, 0.15) is 44.2 Å². The smallest absolute Gasteiger partial charge is 0.129 e. The molecule has 0 heterocycles. The molecule has 0 aromatic heterocycles. The summed E-state index contributed by atoms with van der Waals surface area (Å²) in [4.78, 5) is 4.71. The average molecular weight is 428 g/mol. The maximum Gasteiger partial charge on any atom is 0.129 e. The Morgan fingerprint density at radius 3 is 2.29 bits per heavy atom. The van der Waals surface area contributed by atoms with Crippen LogP contribution in [0.2, 0.25) is 0 Å². The standard InChI is InChI=1S/C25H33NO5/c1-6-7-12-29-24-15-19(2)25(20(3)16-24)30-14-13-28-18-22-8-10-23(11-9-22)31-17-21(4)26-27-5/h6-11,15-16H,12-14,17-18H2,1-5H3/b7-6+,26-21+. The SMILES string of the molecule is C/C=C/COc1cc(C)c(OCCOCc2ccc(OC/C(C)=N/OC)cc2)c(C)c1. The van der Waals surface area contributed by atoms with Crippen LogP contribution in [0, 0.1) is 13.8 Å². The van der Waals surface area contributed by atoms with E-state index in [0.717, 1.165) is 39.7 Å². The van der Waals surface area contributed by atoms with Crippen LogP contribution in [-0.4, -0.2) is 39.2 Å². The highest BCUT2D eigenvalue weighted by atomic mass is 16.6. The molecule has 0 unspecified atom stereocenters. The van der Waals surface area contributed by atoms with E-state index in [-0.39, 0.29) is 0 Å². The quantitative estimate of drug-likeness (QED) is 0.189. The molecule has 2 rings (SSSR count). The van der Waals surface area contributed by atoms with Crippen LogP contribution in [0.15, 0.2) is 53.7 Å². The first-order valence-corrected chi connectivity index (χ1v) is 10.4. The van der Waals surface area contributed by atoms with Crippen LogP contribution in [0.1, 0.15) is 30.5 Å². The first-order valence-electron chi connectivity index (χ1n) is 10.4. The third kappa shape index (κ3) is 8.72. The summed E-state index contributed by atoms with van der Waals surface area (Å²) in [5.41, 5.74) is 3.95. The van der Waals surface area contributed by atoms with Crippen molar-refractivity contribution in [2.45, 2.75) is 34.3 Å². The third-order valence-electron chi connectivity index (χ3n) is 4.38. The maximum atomic E-state index is 5.94. The monoisotopic (exact) mass is 427 g/mol. The number of rotatable bonds is 13. The molecule has 0 aliphatic rings. The van der Waals surface area contributed by atoms with E-state index in [4.69, 9.17) is 23.8 Å². The Morgan fingerprint density at radius 2 is 1.65 bits per heavy atom. The molecule has 0 amide bonds. The predicted molar refractivity (Wildman–Crippen MR) is 123 cm³/mol. The van der Waals surface area contributed by atoms with Gasteiger partial charge in [0.05, 0.1) is 18.9 Å². The Balaban J connectivity index is 1.72. The number of nitrogens with zero attached hydrogens (tertiary/aromatic N) is 1. The maximum absolute atomic E-state index is 5.94. The van der Waals surface area contributed by atoms with Crippen molar-refractivity contribution in [3.63, 3.8) is 0 Å². The van der Waals surface area contributed by atoms with Crippen LogP contribution in [0.5, 0.6) is 17.2 Å². The van der Waals surface area contributed by atoms with Crippen molar-refractivity contribution in [2.24, 2.45) is 5.16 Å². The minimum Gasteiger partial charge on any atom is -0.491 e. The van der Waals surface area contributed by atoms with Gasteiger partial charge in [0.2, 0.25) is 0 Å². The van der Waals surface area contributed by atoms with Gasteiger partial charge in [0, 0.05) is 0 Å². The number of hydrogen-bond donors (Lipinski definition) is 0. The molecule has 6 heteroatoms. The van der Waals surface area contributed by atoms with Crippen molar-refractivity contribution in [1.29, 1.82) is 0 Å². The second-order valence-corrected chi connectivity index (χ2v) is 7.11. The van der Waals surface area contributed by atoms with Crippen LogP contribution in [0.4, 0.5) is 0 Å². The minimum absolute atomic E-state index is 0.392. The van der Waals surface area contributed by atoms with Crippen LogP contribution in [0.3, 0.4) is 0 Å². The van der Waals surface area contributed by atoms with Crippen molar-refractivity contribution in [2.75, 3.05) is 33.5 Å². The number of ether oxygens (including phenoxy) is 4. The molecule has 0 fully saturated rings. The van der Waals surface area contributed by atoms with Crippen LogP contribution in [0.25, 0.3) is 0 Å². The zero-order valence-electron chi connectivity index (χ0n) is 19.1. The Labute approximate surface area is 185 Å². The number of oxime groups is 1. The molecule has 2 aromatic carbocycles. The van der Waals surface area contributed by atoms with Gasteiger partial charge in [-0.1, -0.05) is 29.4 Å². The van der Waals surface area contributed by atoms with Gasteiger partial charge in [0.25, 0.3) is 0 Å². The number of allylic oxidation sites excluding steroid dienone is 1. The van der Waals surface area contributed by atoms with E-state index in [1.807, 2.05) is 76.2 Å². The van der Waals surface area contributed by atoms with E-state index in [2.05, 4.69) is 5.16 Å². The second kappa shape index (κ2) is 13.3. The molecule has 2 aromatic rings. The molecular formula is C25H33NO5. The largest absolute Gasteiger partial charge is 0.491 e. The molecule has 0 spiro atoms. The molecule has 0 radical (unpaired) electrons. The number of aryl methyl sites for hydroxylation is 2. The Kier molecular flexibility index (Phi) is 10.4. The lowest BCUT2D eigenvalue weighted by Crippen LogP contribution is -2.09. The van der Waals surface area contributed by atoms with Crippen molar-refractivity contribution in [1.82, 2.24) is 0 Å². The molecule has 0 bridgehead atoms. The van der Waals surface area contributed by atoms with Gasteiger partial charge in [0.15, 0.2) is 0 Å². The Hall–Kier alpha value is -2.99. The van der Waals surface area contributed by atoms with Crippen LogP contribution < -0.4 is 14.2 Å². The fourth-order valence-electron chi connectivity index (χ4n) is 2.91. The topological polar surface area (TPSA) is 58.5 Å². The van der Waals surface area contributed by atoms with Crippen molar-refractivity contribution in [3.8, 4) is 17.2 Å². The number of benzene rings is 2. The zero-order valence-corrected chi connectivity index (χ0v) is 19.1. The first kappa shape index (κ1) is 24.3. The number of hydrogen-bond acceptors (Lipinski definition) is 6. The minimum atomic E-state index is 0.392. The van der Waals surface area contributed by atoms with Gasteiger partial charge in [-0.2, -0.15) is 0 Å². The summed E-state index contributed by atoms with van der Waals surface area (Å²) in [5, 5.41) is 3.82. The molecule has 6 nitrogen and oxygen atoms in total. The van der Waals surface area contributed by atoms with Gasteiger partial charge >= 0.3 is 0 Å². The third-order valence-corrected chi connectivity index (χ3v) is 4.38. The summed E-state index contributed by atoms with van der Waals surface area (Å²) >= 11 is 0. The molecule has 0 saturated heterocycles. The van der Waals surface area contributed by atoms with E-state index in [1.54, 1.807) is 0 Å². The highest BCUT2D eigenvalue weighted by Gasteiger charge is 2.07. The summed E-state index contributed by atoms with van der Waals surface area (Å²) in [5.74, 6) is 2.52. The summed E-state index contributed by atoms with van der Waals surface area (Å²) in [6, 6.07) is 11.8. The Bertz CT molecular complexity index is 836. The van der Waals surface area contributed by atoms with Gasteiger partial charge in [-0.15, -0.1) is 0 Å². The lowest BCUT2D eigenvalue weighted by atomic mass is 10.1. The van der Waals surface area contributed by atoms with E-state index in [9.17, 15) is 0 Å². The summed E-state index contributed by atoms with van der Waals surface area (Å²) in [6.45, 7) is 10.3. The van der Waals surface area contributed by atoms with Gasteiger partial charge < -0.3 is 23.8 Å². The molecule has 0 aliphatic heterocycles. The van der Waals surface area contributed by atoms with Crippen LogP contribution >= 0.6 is 0 Å². The molecule has 0 saturated carbocycles. The normalized spacial score (nSPS) is 11.6. The molecule has 0 atom stereocenters. The van der Waals surface area contributed by atoms with Crippen LogP contribution in [-0.2, 0) is 16.2 Å². The second-order valence-electron chi connectivity index (χ2n) is 7.11. The van der Waals surface area contributed by atoms with Gasteiger partial charge in [-0.25, -0.2) is 0 Å². The van der Waals surface area contributed by atoms with E-state index in [1.165, 1.54) is 7.11 Å². The molecule has 168 valence electrons. The lowest BCUT2D eigenvalue weighted by molar-refractivity contribution is 0.0884. The molecular weight excluding hydrogens is 394 g/mol. The predicted octanol–water partition coefficient (Wildman–Crippen LogP) is 5.26. The summed E-state index contributed by atoms with van der Waals surface area (Å²) < 4.78 is 23.0. The summed E-state index contributed by atoms with van der Waals surface area (Å²) in [6.07, 6.45) is 3.95. The van der Waals surface area contributed by atoms with E-state index < -0.39 is 0 Å². The van der Waals surface area contributed by atoms with E-state index >= 15 is 0 Å². The van der Waals surface area contributed by atoms with E-state index in [0.29, 0.717) is 33.0 Å². The first-order chi connectivity index (χ1) is 15.0. The lowest BCUT2D eigenvalue weighted by Gasteiger charge is -2.14. The summed E-state index contributed by atoms with van der Waals surface area (Å²) in [7, 11) is 1.52. The highest BCUT2D eigenvalue weighted by Crippen LogP contribution is 2.28. The van der Waals surface area contributed by atoms with Crippen molar-refractivity contribution in [3.05, 3.63) is 65.2 Å². The fourth-order valence-corrected chi connectivity index (χ4v) is 2.91. The molecule has 31 heavy (non-hydrogen) atoms. The van der Waals surface area contributed by atoms with Crippen molar-refractivity contribution < 1.29 is 23.8 Å². The fraction of sp³-hybridized carbons (Fsp3) is 0.400. The average Bonchev–Trinajstić information content (AvgIpc) is 2.75. The van der Waals surface area contributed by atoms with Crippen molar-refractivity contribution >= 4 is 5.71 Å². The molecule has 0 N–H and O–H groups in total. The van der Waals surface area contributed by atoms with Gasteiger partial charge in [-0.05, 0) is 68.7 Å². The Morgan fingerprint density at radius 1 is 0.935 bits per heavy atom. The van der Waals surface area contributed by atoms with Gasteiger partial charge in [-0.3, -0.25) is 0 Å². The zero-order chi connectivity index (χ0) is 22.5. The highest BCUT2D eigenvalue weighted by molar-refractivity contribution is 5.82.